The van der Waals surface area contributed by atoms with Gasteiger partial charge < -0.3 is 9.64 Å². The Labute approximate surface area is 160 Å². The van der Waals surface area contributed by atoms with Crippen LogP contribution in [0, 0.1) is 23.2 Å². The number of rotatable bonds is 6. The first-order valence-corrected chi connectivity index (χ1v) is 9.92. The third-order valence-corrected chi connectivity index (χ3v) is 5.94. The van der Waals surface area contributed by atoms with Crippen molar-refractivity contribution in [2.75, 3.05) is 26.7 Å². The molecule has 0 N–H and O–H groups in total. The van der Waals surface area contributed by atoms with Crippen LogP contribution in [0.1, 0.15) is 41.6 Å². The summed E-state index contributed by atoms with van der Waals surface area (Å²) in [6.45, 7) is 3.20. The second-order valence-corrected chi connectivity index (χ2v) is 7.92. The largest absolute Gasteiger partial charge is 0.496 e. The SMILES string of the molecule is COc1ccc2cc(C(=O)C3CCCN(CC4CC4)C3)ccc2c1CC#N. The molecule has 0 bridgehead atoms. The van der Waals surface area contributed by atoms with Crippen molar-refractivity contribution in [1.82, 2.24) is 4.90 Å². The van der Waals surface area contributed by atoms with Gasteiger partial charge in [0.05, 0.1) is 19.6 Å². The van der Waals surface area contributed by atoms with Crippen LogP contribution in [-0.4, -0.2) is 37.4 Å². The zero-order valence-corrected chi connectivity index (χ0v) is 15.9. The van der Waals surface area contributed by atoms with Gasteiger partial charge in [0.1, 0.15) is 5.75 Å². The number of nitrogens with zero attached hydrogens (tertiary/aromatic N) is 2. The van der Waals surface area contributed by atoms with Gasteiger partial charge in [-0.1, -0.05) is 18.2 Å². The van der Waals surface area contributed by atoms with E-state index in [1.54, 1.807) is 7.11 Å². The lowest BCUT2D eigenvalue weighted by atomic mass is 9.88. The molecule has 1 unspecified atom stereocenters. The van der Waals surface area contributed by atoms with E-state index in [0.29, 0.717) is 6.42 Å². The minimum absolute atomic E-state index is 0.103. The van der Waals surface area contributed by atoms with Gasteiger partial charge in [-0.3, -0.25) is 4.79 Å². The van der Waals surface area contributed by atoms with Gasteiger partial charge in [0.2, 0.25) is 0 Å². The highest BCUT2D eigenvalue weighted by Gasteiger charge is 2.30. The Morgan fingerprint density at radius 2 is 2.11 bits per heavy atom. The molecule has 0 aromatic heterocycles. The lowest BCUT2D eigenvalue weighted by molar-refractivity contribution is 0.0815. The van der Waals surface area contributed by atoms with Crippen molar-refractivity contribution < 1.29 is 9.53 Å². The summed E-state index contributed by atoms with van der Waals surface area (Å²) in [6, 6.07) is 12.0. The first-order valence-electron chi connectivity index (χ1n) is 9.92. The first-order chi connectivity index (χ1) is 13.2. The number of fused-ring (bicyclic) bond motifs is 1. The monoisotopic (exact) mass is 362 g/mol. The standard InChI is InChI=1S/C23H26N2O2/c1-27-22-9-7-17-13-18(6-8-20(17)21(22)10-11-24)23(26)19-3-2-12-25(15-19)14-16-4-5-16/h6-9,13,16,19H,2-5,10,12,14-15H2,1H3. The van der Waals surface area contributed by atoms with Gasteiger partial charge in [-0.05, 0) is 61.1 Å². The van der Waals surface area contributed by atoms with Gasteiger partial charge in [-0.2, -0.15) is 5.26 Å². The van der Waals surface area contributed by atoms with Crippen LogP contribution in [0.25, 0.3) is 10.8 Å². The Hall–Kier alpha value is -2.38. The zero-order valence-electron chi connectivity index (χ0n) is 15.9. The third kappa shape index (κ3) is 3.84. The van der Waals surface area contributed by atoms with E-state index >= 15 is 0 Å². The molecule has 4 heteroatoms. The number of piperidine rings is 1. The number of methoxy groups -OCH3 is 1. The lowest BCUT2D eigenvalue weighted by Gasteiger charge is -2.32. The van der Waals surface area contributed by atoms with Crippen LogP contribution in [0.5, 0.6) is 5.75 Å². The third-order valence-electron chi connectivity index (χ3n) is 5.94. The van der Waals surface area contributed by atoms with Crippen LogP contribution in [0.15, 0.2) is 30.3 Å². The maximum atomic E-state index is 13.1. The summed E-state index contributed by atoms with van der Waals surface area (Å²) in [5.74, 6) is 1.96. The van der Waals surface area contributed by atoms with Crippen molar-refractivity contribution >= 4 is 16.6 Å². The molecule has 2 aromatic carbocycles. The minimum Gasteiger partial charge on any atom is -0.496 e. The number of likely N-dealkylation sites (tertiary alicyclic amines) is 1. The second-order valence-electron chi connectivity index (χ2n) is 7.92. The van der Waals surface area contributed by atoms with Crippen LogP contribution in [0.4, 0.5) is 0 Å². The maximum Gasteiger partial charge on any atom is 0.167 e. The molecular formula is C23H26N2O2. The summed E-state index contributed by atoms with van der Waals surface area (Å²) < 4.78 is 5.40. The average Bonchev–Trinajstić information content (AvgIpc) is 3.51. The summed E-state index contributed by atoms with van der Waals surface area (Å²) in [4.78, 5) is 15.6. The molecule has 4 rings (SSSR count). The predicted molar refractivity (Wildman–Crippen MR) is 106 cm³/mol. The molecule has 0 spiro atoms. The Balaban J connectivity index is 1.57. The number of hydrogen-bond donors (Lipinski definition) is 0. The quantitative estimate of drug-likeness (QED) is 0.722. The normalized spacial score (nSPS) is 20.4. The molecule has 1 atom stereocenters. The van der Waals surface area contributed by atoms with E-state index in [4.69, 9.17) is 10.00 Å². The Morgan fingerprint density at radius 3 is 2.85 bits per heavy atom. The summed E-state index contributed by atoms with van der Waals surface area (Å²) in [7, 11) is 1.62. The van der Waals surface area contributed by atoms with E-state index < -0.39 is 0 Å². The minimum atomic E-state index is 0.103. The van der Waals surface area contributed by atoms with Crippen molar-refractivity contribution in [2.24, 2.45) is 11.8 Å². The van der Waals surface area contributed by atoms with Crippen molar-refractivity contribution in [1.29, 1.82) is 5.26 Å². The molecule has 1 aliphatic heterocycles. The van der Waals surface area contributed by atoms with E-state index in [9.17, 15) is 4.79 Å². The number of nitriles is 1. The second kappa shape index (κ2) is 7.70. The lowest BCUT2D eigenvalue weighted by Crippen LogP contribution is -2.39. The van der Waals surface area contributed by atoms with Crippen molar-refractivity contribution in [3.8, 4) is 11.8 Å². The van der Waals surface area contributed by atoms with Crippen LogP contribution >= 0.6 is 0 Å². The molecule has 1 saturated heterocycles. The van der Waals surface area contributed by atoms with Crippen LogP contribution < -0.4 is 4.74 Å². The number of carbonyl (C=O) groups excluding carboxylic acids is 1. The molecule has 2 aromatic rings. The summed E-state index contributed by atoms with van der Waals surface area (Å²) in [5, 5.41) is 11.1. The fraction of sp³-hybridized carbons (Fsp3) is 0.478. The fourth-order valence-corrected chi connectivity index (χ4v) is 4.32. The van der Waals surface area contributed by atoms with Crippen molar-refractivity contribution in [3.63, 3.8) is 0 Å². The zero-order chi connectivity index (χ0) is 18.8. The van der Waals surface area contributed by atoms with E-state index in [0.717, 1.165) is 59.5 Å². The summed E-state index contributed by atoms with van der Waals surface area (Å²) in [6.07, 6.45) is 5.11. The molecule has 4 nitrogen and oxygen atoms in total. The van der Waals surface area contributed by atoms with Gasteiger partial charge in [0.15, 0.2) is 5.78 Å². The Bertz CT molecular complexity index is 895. The van der Waals surface area contributed by atoms with E-state index in [1.807, 2.05) is 30.3 Å². The highest BCUT2D eigenvalue weighted by atomic mass is 16.5. The first kappa shape index (κ1) is 18.0. The van der Waals surface area contributed by atoms with Gasteiger partial charge in [0, 0.05) is 30.1 Å². The molecule has 1 saturated carbocycles. The molecule has 140 valence electrons. The smallest absolute Gasteiger partial charge is 0.167 e. The molecular weight excluding hydrogens is 336 g/mol. The number of ketones is 1. The number of hydrogen-bond acceptors (Lipinski definition) is 4. The van der Waals surface area contributed by atoms with Crippen LogP contribution in [0.2, 0.25) is 0 Å². The molecule has 1 aliphatic carbocycles. The molecule has 0 radical (unpaired) electrons. The number of carbonyl (C=O) groups is 1. The maximum absolute atomic E-state index is 13.1. The van der Waals surface area contributed by atoms with Crippen molar-refractivity contribution in [3.05, 3.63) is 41.5 Å². The topological polar surface area (TPSA) is 53.3 Å². The summed E-state index contributed by atoms with van der Waals surface area (Å²) in [5.41, 5.74) is 1.68. The number of benzene rings is 2. The van der Waals surface area contributed by atoms with Gasteiger partial charge in [-0.25, -0.2) is 0 Å². The van der Waals surface area contributed by atoms with E-state index in [-0.39, 0.29) is 11.7 Å². The van der Waals surface area contributed by atoms with Gasteiger partial charge >= 0.3 is 0 Å². The number of ether oxygens (including phenoxy) is 1. The predicted octanol–water partition coefficient (Wildman–Crippen LogP) is 4.22. The Morgan fingerprint density at radius 1 is 1.26 bits per heavy atom. The van der Waals surface area contributed by atoms with Crippen LogP contribution in [-0.2, 0) is 6.42 Å². The Kier molecular flexibility index (Phi) is 5.13. The molecule has 0 amide bonds. The fourth-order valence-electron chi connectivity index (χ4n) is 4.32. The average molecular weight is 362 g/mol. The highest BCUT2D eigenvalue weighted by molar-refractivity contribution is 6.02. The van der Waals surface area contributed by atoms with Gasteiger partial charge in [0.25, 0.3) is 0 Å². The molecule has 27 heavy (non-hydrogen) atoms. The summed E-state index contributed by atoms with van der Waals surface area (Å²) >= 11 is 0. The number of Topliss-reactive ketones (excluding diaryl/α,β-unsaturated/α-hetero) is 1. The van der Waals surface area contributed by atoms with Crippen LogP contribution in [0.3, 0.4) is 0 Å². The van der Waals surface area contributed by atoms with E-state index in [2.05, 4.69) is 11.0 Å². The molecule has 2 aliphatic rings. The van der Waals surface area contributed by atoms with Gasteiger partial charge in [-0.15, -0.1) is 0 Å². The van der Waals surface area contributed by atoms with Crippen molar-refractivity contribution in [2.45, 2.75) is 32.1 Å². The highest BCUT2D eigenvalue weighted by Crippen LogP contribution is 2.33. The molecule has 1 heterocycles. The van der Waals surface area contributed by atoms with E-state index in [1.165, 1.54) is 19.4 Å². The molecule has 2 fully saturated rings.